The number of hydrogen-bond donors (Lipinski definition) is 2. The van der Waals surface area contributed by atoms with Gasteiger partial charge in [-0.25, -0.2) is 0 Å². The zero-order valence-electron chi connectivity index (χ0n) is 14.8. The topological polar surface area (TPSA) is 79.5 Å². The predicted octanol–water partition coefficient (Wildman–Crippen LogP) is 1.92. The molecule has 1 unspecified atom stereocenters. The monoisotopic (exact) mass is 344 g/mol. The fourth-order valence-corrected chi connectivity index (χ4v) is 3.14. The molecule has 1 atom stereocenters. The first-order valence-electron chi connectivity index (χ1n) is 8.40. The number of ether oxygens (including phenoxy) is 2. The Hall–Kier alpha value is -2.54. The molecular formula is C18H24N4O3. The van der Waals surface area contributed by atoms with E-state index in [1.807, 2.05) is 30.1 Å². The minimum atomic E-state index is -0.0147. The van der Waals surface area contributed by atoms with Crippen molar-refractivity contribution in [3.8, 4) is 22.8 Å². The van der Waals surface area contributed by atoms with Crippen molar-refractivity contribution in [3.63, 3.8) is 0 Å². The minimum absolute atomic E-state index is 0.0147. The van der Waals surface area contributed by atoms with Crippen molar-refractivity contribution in [3.05, 3.63) is 30.0 Å². The van der Waals surface area contributed by atoms with E-state index in [0.29, 0.717) is 28.9 Å². The third-order valence-electron chi connectivity index (χ3n) is 4.60. The van der Waals surface area contributed by atoms with E-state index in [1.54, 1.807) is 20.3 Å². The zero-order valence-corrected chi connectivity index (χ0v) is 14.8. The van der Waals surface area contributed by atoms with Crippen LogP contribution in [0.15, 0.2) is 24.3 Å². The summed E-state index contributed by atoms with van der Waals surface area (Å²) in [5.74, 6) is 1.27. The minimum Gasteiger partial charge on any atom is -0.493 e. The van der Waals surface area contributed by atoms with Gasteiger partial charge in [0.2, 0.25) is 0 Å². The maximum Gasteiger partial charge on any atom is 0.271 e. The van der Waals surface area contributed by atoms with E-state index in [9.17, 15) is 4.79 Å². The van der Waals surface area contributed by atoms with Crippen molar-refractivity contribution in [1.29, 1.82) is 0 Å². The van der Waals surface area contributed by atoms with Crippen LogP contribution in [-0.4, -0.2) is 61.4 Å². The maximum absolute atomic E-state index is 12.7. The Morgan fingerprint density at radius 3 is 2.80 bits per heavy atom. The van der Waals surface area contributed by atoms with E-state index in [4.69, 9.17) is 9.47 Å². The fraction of sp³-hybridized carbons (Fsp3) is 0.444. The number of piperidine rings is 1. The van der Waals surface area contributed by atoms with Crippen LogP contribution >= 0.6 is 0 Å². The smallest absolute Gasteiger partial charge is 0.271 e. The van der Waals surface area contributed by atoms with E-state index in [0.717, 1.165) is 31.5 Å². The summed E-state index contributed by atoms with van der Waals surface area (Å²) < 4.78 is 10.6. The van der Waals surface area contributed by atoms with Crippen LogP contribution in [-0.2, 0) is 0 Å². The molecule has 25 heavy (non-hydrogen) atoms. The van der Waals surface area contributed by atoms with Crippen LogP contribution < -0.4 is 14.8 Å². The molecule has 0 aliphatic carbocycles. The molecule has 1 fully saturated rings. The Morgan fingerprint density at radius 1 is 1.28 bits per heavy atom. The second-order valence-corrected chi connectivity index (χ2v) is 6.12. The maximum atomic E-state index is 12.7. The molecule has 3 rings (SSSR count). The van der Waals surface area contributed by atoms with E-state index >= 15 is 0 Å². The highest BCUT2D eigenvalue weighted by molar-refractivity contribution is 5.93. The van der Waals surface area contributed by atoms with Crippen molar-refractivity contribution in [2.45, 2.75) is 18.9 Å². The van der Waals surface area contributed by atoms with Crippen LogP contribution in [0.25, 0.3) is 11.3 Å². The van der Waals surface area contributed by atoms with E-state index in [-0.39, 0.29) is 5.91 Å². The number of amides is 1. The fourth-order valence-electron chi connectivity index (χ4n) is 3.14. The average Bonchev–Trinajstić information content (AvgIpc) is 3.17. The molecule has 1 aliphatic heterocycles. The molecule has 134 valence electrons. The third-order valence-corrected chi connectivity index (χ3v) is 4.60. The van der Waals surface area contributed by atoms with Crippen LogP contribution in [0.1, 0.15) is 23.3 Å². The van der Waals surface area contributed by atoms with Crippen LogP contribution in [0.2, 0.25) is 0 Å². The number of nitrogens with one attached hydrogen (secondary N) is 2. The van der Waals surface area contributed by atoms with E-state index in [1.165, 1.54) is 0 Å². The molecule has 7 nitrogen and oxygen atoms in total. The lowest BCUT2D eigenvalue weighted by molar-refractivity contribution is 0.0692. The van der Waals surface area contributed by atoms with Gasteiger partial charge in [-0.1, -0.05) is 0 Å². The molecule has 1 aromatic heterocycles. The summed E-state index contributed by atoms with van der Waals surface area (Å²) in [5, 5.41) is 10.4. The summed E-state index contributed by atoms with van der Waals surface area (Å²) in [6, 6.07) is 7.70. The van der Waals surface area contributed by atoms with Gasteiger partial charge < -0.3 is 19.7 Å². The van der Waals surface area contributed by atoms with Gasteiger partial charge in [-0.3, -0.25) is 9.89 Å². The highest BCUT2D eigenvalue weighted by atomic mass is 16.5. The molecule has 0 bridgehead atoms. The number of carbonyl (C=O) groups is 1. The summed E-state index contributed by atoms with van der Waals surface area (Å²) in [4.78, 5) is 14.6. The highest BCUT2D eigenvalue weighted by Crippen LogP contribution is 2.31. The lowest BCUT2D eigenvalue weighted by atomic mass is 10.1. The Bertz CT molecular complexity index is 744. The molecule has 0 radical (unpaired) electrons. The second kappa shape index (κ2) is 7.57. The number of likely N-dealkylation sites (N-methyl/N-ethyl adjacent to an activating group) is 1. The summed E-state index contributed by atoms with van der Waals surface area (Å²) in [6.45, 7) is 1.50. The van der Waals surface area contributed by atoms with Gasteiger partial charge in [0.25, 0.3) is 5.91 Å². The number of carbonyl (C=O) groups excluding carboxylic acids is 1. The van der Waals surface area contributed by atoms with Crippen molar-refractivity contribution in [2.75, 3.05) is 34.4 Å². The van der Waals surface area contributed by atoms with Gasteiger partial charge in [0.1, 0.15) is 5.69 Å². The average molecular weight is 344 g/mol. The molecule has 2 heterocycles. The molecule has 2 N–H and O–H groups in total. The number of hydrogen-bond acceptors (Lipinski definition) is 5. The summed E-state index contributed by atoms with van der Waals surface area (Å²) in [5.41, 5.74) is 2.06. The van der Waals surface area contributed by atoms with Gasteiger partial charge in [0, 0.05) is 24.7 Å². The number of benzene rings is 1. The Balaban J connectivity index is 1.79. The van der Waals surface area contributed by atoms with Gasteiger partial charge >= 0.3 is 0 Å². The van der Waals surface area contributed by atoms with Crippen LogP contribution in [0, 0.1) is 0 Å². The number of methoxy groups -OCH3 is 2. The number of aromatic nitrogens is 2. The normalized spacial score (nSPS) is 17.4. The number of H-pyrrole nitrogens is 1. The third kappa shape index (κ3) is 3.61. The summed E-state index contributed by atoms with van der Waals surface area (Å²) in [6.07, 6.45) is 2.11. The van der Waals surface area contributed by atoms with Gasteiger partial charge in [-0.05, 0) is 44.2 Å². The molecule has 1 aromatic carbocycles. The number of nitrogens with zero attached hydrogens (tertiary/aromatic N) is 2. The predicted molar refractivity (Wildman–Crippen MR) is 95.1 cm³/mol. The molecule has 1 saturated heterocycles. The first-order chi connectivity index (χ1) is 12.2. The number of likely N-dealkylation sites (tertiary alicyclic amines) is 1. The van der Waals surface area contributed by atoms with Crippen molar-refractivity contribution in [1.82, 2.24) is 20.4 Å². The van der Waals surface area contributed by atoms with E-state index < -0.39 is 0 Å². The zero-order chi connectivity index (χ0) is 17.8. The van der Waals surface area contributed by atoms with Crippen LogP contribution in [0.5, 0.6) is 11.5 Å². The highest BCUT2D eigenvalue weighted by Gasteiger charge is 2.25. The van der Waals surface area contributed by atoms with Crippen molar-refractivity contribution in [2.24, 2.45) is 0 Å². The van der Waals surface area contributed by atoms with Crippen molar-refractivity contribution < 1.29 is 14.3 Å². The molecule has 0 spiro atoms. The molecule has 1 aliphatic rings. The van der Waals surface area contributed by atoms with Crippen LogP contribution in [0.3, 0.4) is 0 Å². The van der Waals surface area contributed by atoms with Gasteiger partial charge in [0.15, 0.2) is 11.5 Å². The SMILES string of the molecule is CNC1CCCN(C(=O)c2cc(-c3ccc(OC)c(OC)c3)n[nH]2)C1. The lowest BCUT2D eigenvalue weighted by Crippen LogP contribution is -2.47. The first-order valence-corrected chi connectivity index (χ1v) is 8.40. The standard InChI is InChI=1S/C18H24N4O3/c1-19-13-5-4-8-22(11-13)18(23)15-10-14(20-21-15)12-6-7-16(24-2)17(9-12)25-3/h6-7,9-10,13,19H,4-5,8,11H2,1-3H3,(H,20,21). The Morgan fingerprint density at radius 2 is 2.08 bits per heavy atom. The first kappa shape index (κ1) is 17.3. The van der Waals surface area contributed by atoms with Crippen LogP contribution in [0.4, 0.5) is 0 Å². The molecule has 0 saturated carbocycles. The summed E-state index contributed by atoms with van der Waals surface area (Å²) >= 11 is 0. The molecule has 7 heteroatoms. The van der Waals surface area contributed by atoms with Gasteiger partial charge in [-0.2, -0.15) is 5.10 Å². The largest absolute Gasteiger partial charge is 0.493 e. The number of aromatic amines is 1. The second-order valence-electron chi connectivity index (χ2n) is 6.12. The quantitative estimate of drug-likeness (QED) is 0.866. The Kier molecular flexibility index (Phi) is 5.23. The lowest BCUT2D eigenvalue weighted by Gasteiger charge is -2.32. The van der Waals surface area contributed by atoms with Gasteiger partial charge in [0.05, 0.1) is 19.9 Å². The molecular weight excluding hydrogens is 320 g/mol. The molecule has 1 amide bonds. The van der Waals surface area contributed by atoms with E-state index in [2.05, 4.69) is 15.5 Å². The van der Waals surface area contributed by atoms with Gasteiger partial charge in [-0.15, -0.1) is 0 Å². The van der Waals surface area contributed by atoms with Crippen molar-refractivity contribution >= 4 is 5.91 Å². The summed E-state index contributed by atoms with van der Waals surface area (Å²) in [7, 11) is 5.12. The molecule has 2 aromatic rings. The number of rotatable bonds is 5. The Labute approximate surface area is 147 Å².